The average Bonchev–Trinajstić information content (AvgIpc) is 3.05. The summed E-state index contributed by atoms with van der Waals surface area (Å²) in [5, 5.41) is 4.64. The maximum absolute atomic E-state index is 14.5. The van der Waals surface area contributed by atoms with Gasteiger partial charge in [-0.2, -0.15) is 0 Å². The van der Waals surface area contributed by atoms with Crippen molar-refractivity contribution >= 4 is 36.4 Å². The van der Waals surface area contributed by atoms with Crippen molar-refractivity contribution in [3.63, 3.8) is 0 Å². The summed E-state index contributed by atoms with van der Waals surface area (Å²) in [6.07, 6.45) is 8.58. The fourth-order valence-electron chi connectivity index (χ4n) is 9.46. The van der Waals surface area contributed by atoms with Crippen LogP contribution in [0.4, 0.5) is 0 Å². The topological polar surface area (TPSA) is 66.3 Å². The molecule has 9 heteroatoms. The minimum absolute atomic E-state index is 0.0793. The molecule has 0 bridgehead atoms. The van der Waals surface area contributed by atoms with Gasteiger partial charge in [-0.1, -0.05) is 19.0 Å². The van der Waals surface area contributed by atoms with E-state index in [1.165, 1.54) is 6.42 Å². The zero-order chi connectivity index (χ0) is 29.9. The number of carbonyl (C=O) groups excluding carboxylic acids is 1. The third-order valence-corrected chi connectivity index (χ3v) is 13.7. The predicted octanol–water partition coefficient (Wildman–Crippen LogP) is 7.87. The first-order valence-corrected chi connectivity index (χ1v) is 26.1. The highest BCUT2D eigenvalue weighted by molar-refractivity contribution is 6.70. The summed E-state index contributed by atoms with van der Waals surface area (Å²) in [5.41, 5.74) is 0.00195. The predicted molar refractivity (Wildman–Crippen MR) is 171 cm³/mol. The largest absolute Gasteiger partial charge is 0.415 e. The maximum atomic E-state index is 14.5. The molecule has 0 aromatic rings. The van der Waals surface area contributed by atoms with Gasteiger partial charge in [-0.05, 0) is 127 Å². The Morgan fingerprint density at radius 3 is 2.15 bits per heavy atom. The second kappa shape index (κ2) is 11.0. The number of hydrogen-bond donors (Lipinski definition) is 0. The first-order chi connectivity index (χ1) is 18.2. The van der Waals surface area contributed by atoms with Crippen molar-refractivity contribution in [2.75, 3.05) is 13.7 Å². The van der Waals surface area contributed by atoms with Crippen molar-refractivity contribution in [2.45, 2.75) is 136 Å². The van der Waals surface area contributed by atoms with Crippen LogP contribution in [0.1, 0.15) is 65.2 Å². The first kappa shape index (κ1) is 32.6. The molecule has 4 rings (SSSR count). The molecule has 6 nitrogen and oxygen atoms in total. The molecule has 0 spiro atoms. The zero-order valence-corrected chi connectivity index (χ0v) is 30.7. The molecule has 0 heterocycles. The van der Waals surface area contributed by atoms with E-state index < -0.39 is 30.6 Å². The molecule has 230 valence electrons. The SMILES string of the molecule is CO/N=C(\CO[Si](C)(C)C)[C@@]1(O[Si](C)(C)C)CC[C@H]2[C@@H]3CCC4CC(O[Si](C)(C)C)CC[C@]4(C)[C@H]3C(=O)C[C@@]21C. The summed E-state index contributed by atoms with van der Waals surface area (Å²) in [4.78, 5) is 20.0. The van der Waals surface area contributed by atoms with Crippen molar-refractivity contribution < 1.29 is 22.9 Å². The molecule has 0 aromatic carbocycles. The quantitative estimate of drug-likeness (QED) is 0.151. The van der Waals surface area contributed by atoms with E-state index in [4.69, 9.17) is 18.1 Å². The van der Waals surface area contributed by atoms with Crippen molar-refractivity contribution in [1.82, 2.24) is 0 Å². The van der Waals surface area contributed by atoms with E-state index in [1.54, 1.807) is 7.11 Å². The second-order valence-corrected chi connectivity index (χ2v) is 30.3. The fraction of sp³-hybridized carbons (Fsp3) is 0.935. The second-order valence-electron chi connectivity index (χ2n) is 16.9. The van der Waals surface area contributed by atoms with Crippen molar-refractivity contribution in [3.8, 4) is 0 Å². The van der Waals surface area contributed by atoms with Crippen LogP contribution in [0.15, 0.2) is 5.16 Å². The van der Waals surface area contributed by atoms with Crippen LogP contribution in [0.5, 0.6) is 0 Å². The van der Waals surface area contributed by atoms with Crippen LogP contribution in [-0.2, 0) is 22.9 Å². The zero-order valence-electron chi connectivity index (χ0n) is 27.7. The summed E-state index contributed by atoms with van der Waals surface area (Å²) in [6.45, 7) is 25.5. The molecule has 4 aliphatic carbocycles. The number of oxime groups is 1. The van der Waals surface area contributed by atoms with Crippen LogP contribution >= 0.6 is 0 Å². The van der Waals surface area contributed by atoms with Gasteiger partial charge in [0, 0.05) is 23.9 Å². The lowest BCUT2D eigenvalue weighted by atomic mass is 9.44. The van der Waals surface area contributed by atoms with E-state index in [2.05, 4.69) is 77.9 Å². The van der Waals surface area contributed by atoms with Crippen LogP contribution in [0.3, 0.4) is 0 Å². The lowest BCUT2D eigenvalue weighted by Gasteiger charge is -2.61. The van der Waals surface area contributed by atoms with Gasteiger partial charge in [0.05, 0.1) is 6.61 Å². The Kier molecular flexibility index (Phi) is 8.95. The van der Waals surface area contributed by atoms with Crippen LogP contribution in [0.25, 0.3) is 0 Å². The van der Waals surface area contributed by atoms with Gasteiger partial charge in [0.2, 0.25) is 0 Å². The molecule has 0 amide bonds. The molecule has 0 N–H and O–H groups in total. The van der Waals surface area contributed by atoms with Crippen LogP contribution in [0.2, 0.25) is 58.9 Å². The molecule has 40 heavy (non-hydrogen) atoms. The number of rotatable bonds is 9. The molecular formula is C31H59NO5Si3. The van der Waals surface area contributed by atoms with Gasteiger partial charge in [-0.3, -0.25) is 4.79 Å². The molecule has 0 aromatic heterocycles. The Morgan fingerprint density at radius 1 is 0.900 bits per heavy atom. The van der Waals surface area contributed by atoms with Gasteiger partial charge in [-0.15, -0.1) is 0 Å². The summed E-state index contributed by atoms with van der Waals surface area (Å²) < 4.78 is 20.3. The highest BCUT2D eigenvalue weighted by atomic mass is 28.4. The van der Waals surface area contributed by atoms with Gasteiger partial charge < -0.3 is 18.1 Å². The number of Topliss-reactive ketones (excluding diaryl/α,β-unsaturated/α-hetero) is 1. The molecule has 2 unspecified atom stereocenters. The van der Waals surface area contributed by atoms with Crippen molar-refractivity contribution in [2.24, 2.45) is 39.7 Å². The number of carbonyl (C=O) groups is 1. The van der Waals surface area contributed by atoms with E-state index in [1.807, 2.05) is 0 Å². The van der Waals surface area contributed by atoms with Gasteiger partial charge >= 0.3 is 0 Å². The third-order valence-electron chi connectivity index (χ3n) is 10.7. The van der Waals surface area contributed by atoms with Gasteiger partial charge in [0.15, 0.2) is 25.0 Å². The Morgan fingerprint density at radius 2 is 1.57 bits per heavy atom. The number of ketones is 1. The number of fused-ring (bicyclic) bond motifs is 5. The number of hydrogen-bond acceptors (Lipinski definition) is 6. The van der Waals surface area contributed by atoms with Crippen molar-refractivity contribution in [1.29, 1.82) is 0 Å². The summed E-state index contributed by atoms with van der Waals surface area (Å²) in [7, 11) is -3.79. The van der Waals surface area contributed by atoms with Gasteiger partial charge in [0.25, 0.3) is 0 Å². The molecule has 8 atom stereocenters. The van der Waals surface area contributed by atoms with E-state index in [-0.39, 0.29) is 16.7 Å². The summed E-state index contributed by atoms with van der Waals surface area (Å²) in [5.74, 6) is 2.05. The molecule has 0 aliphatic heterocycles. The minimum atomic E-state index is -2.02. The van der Waals surface area contributed by atoms with E-state index in [9.17, 15) is 4.79 Å². The molecule has 0 radical (unpaired) electrons. The Balaban J connectivity index is 1.68. The lowest BCUT2D eigenvalue weighted by Crippen LogP contribution is -2.64. The first-order valence-electron chi connectivity index (χ1n) is 15.9. The van der Waals surface area contributed by atoms with E-state index >= 15 is 0 Å². The third kappa shape index (κ3) is 6.16. The molecule has 0 saturated heterocycles. The van der Waals surface area contributed by atoms with E-state index in [0.29, 0.717) is 42.7 Å². The average molecular weight is 610 g/mol. The lowest BCUT2D eigenvalue weighted by molar-refractivity contribution is -0.166. The van der Waals surface area contributed by atoms with E-state index in [0.717, 1.165) is 44.2 Å². The highest BCUT2D eigenvalue weighted by Crippen LogP contribution is 2.68. The van der Waals surface area contributed by atoms with Gasteiger partial charge in [0.1, 0.15) is 24.2 Å². The molecule has 4 aliphatic rings. The van der Waals surface area contributed by atoms with Crippen LogP contribution in [-0.4, -0.2) is 61.9 Å². The minimum Gasteiger partial charge on any atom is -0.415 e. The molecular weight excluding hydrogens is 551 g/mol. The van der Waals surface area contributed by atoms with Crippen LogP contribution < -0.4 is 0 Å². The summed E-state index contributed by atoms with van der Waals surface area (Å²) in [6, 6.07) is 0. The normalized spacial score (nSPS) is 40.9. The fourth-order valence-corrected chi connectivity index (χ4v) is 12.7. The monoisotopic (exact) mass is 609 g/mol. The Bertz CT molecular complexity index is 985. The smallest absolute Gasteiger partial charge is 0.185 e. The number of nitrogens with zero attached hydrogens (tertiary/aromatic N) is 1. The molecule has 4 saturated carbocycles. The van der Waals surface area contributed by atoms with Crippen molar-refractivity contribution in [3.05, 3.63) is 0 Å². The molecule has 4 fully saturated rings. The Hall–Kier alpha value is -0.329. The standard InChI is InChI=1S/C31H59NO5Si3/c1-29-17-15-23(36-39(7,8)9)19-22(29)13-14-24-25-16-18-31(37-40(10,11)12,30(25,2)20-26(33)28(24)29)27(32-34-3)21-35-38(4,5)6/h22-25,28H,13-21H2,1-12H3/b32-27+/t22?,23?,24-,25-,28+,29-,30-,31-/m0/s1. The maximum Gasteiger partial charge on any atom is 0.185 e. The Labute approximate surface area is 248 Å². The highest BCUT2D eigenvalue weighted by Gasteiger charge is 2.70. The van der Waals surface area contributed by atoms with Crippen LogP contribution in [0, 0.1) is 34.5 Å². The van der Waals surface area contributed by atoms with Gasteiger partial charge in [-0.25, -0.2) is 0 Å². The summed E-state index contributed by atoms with van der Waals surface area (Å²) >= 11 is 0.